The zero-order chi connectivity index (χ0) is 16.9. The summed E-state index contributed by atoms with van der Waals surface area (Å²) in [6.07, 6.45) is 4.02. The summed E-state index contributed by atoms with van der Waals surface area (Å²) in [5, 5.41) is 0. The van der Waals surface area contributed by atoms with Crippen LogP contribution in [0.1, 0.15) is 37.1 Å². The van der Waals surface area contributed by atoms with Gasteiger partial charge in [-0.1, -0.05) is 0 Å². The van der Waals surface area contributed by atoms with Gasteiger partial charge < -0.3 is 0 Å². The molecule has 1 aromatic heterocycles. The van der Waals surface area contributed by atoms with Gasteiger partial charge in [0.1, 0.15) is 5.82 Å². The minimum atomic E-state index is -3.23. The second kappa shape index (κ2) is 5.60. The van der Waals surface area contributed by atoms with E-state index in [-0.39, 0.29) is 23.7 Å². The van der Waals surface area contributed by atoms with Crippen molar-refractivity contribution in [1.82, 2.24) is 14.3 Å². The maximum absolute atomic E-state index is 13.1. The Hall–Kier alpha value is -1.86. The van der Waals surface area contributed by atoms with Crippen LogP contribution in [-0.2, 0) is 16.4 Å². The van der Waals surface area contributed by atoms with E-state index in [4.69, 9.17) is 0 Å². The molecule has 1 fully saturated rings. The number of sulfonamides is 1. The van der Waals surface area contributed by atoms with Crippen LogP contribution in [0.4, 0.5) is 4.39 Å². The van der Waals surface area contributed by atoms with Gasteiger partial charge in [-0.15, -0.1) is 0 Å². The molecule has 126 valence electrons. The molecule has 5 nitrogen and oxygen atoms in total. The first-order valence-corrected chi connectivity index (χ1v) is 9.73. The number of hydrogen-bond donors (Lipinski definition) is 0. The number of halogens is 1. The van der Waals surface area contributed by atoms with E-state index in [0.717, 1.165) is 29.7 Å². The van der Waals surface area contributed by atoms with E-state index in [1.165, 1.54) is 12.1 Å². The molecule has 7 heteroatoms. The van der Waals surface area contributed by atoms with E-state index in [9.17, 15) is 12.8 Å². The van der Waals surface area contributed by atoms with Gasteiger partial charge >= 0.3 is 0 Å². The lowest BCUT2D eigenvalue weighted by atomic mass is 10.0. The molecule has 3 heterocycles. The average molecular weight is 347 g/mol. The van der Waals surface area contributed by atoms with Gasteiger partial charge in [0.05, 0.1) is 17.5 Å². The number of hydrogen-bond acceptors (Lipinski definition) is 4. The van der Waals surface area contributed by atoms with Crippen LogP contribution in [-0.4, -0.2) is 34.5 Å². The second-order valence-electron chi connectivity index (χ2n) is 6.28. The van der Waals surface area contributed by atoms with Crippen LogP contribution in [0, 0.1) is 5.82 Å². The van der Waals surface area contributed by atoms with Crippen LogP contribution in [0.15, 0.2) is 30.5 Å². The highest BCUT2D eigenvalue weighted by atomic mass is 32.2. The lowest BCUT2D eigenvalue weighted by molar-refractivity contribution is 0.301. The predicted molar refractivity (Wildman–Crippen MR) is 88.2 cm³/mol. The van der Waals surface area contributed by atoms with E-state index in [1.807, 2.05) is 0 Å². The molecule has 0 aliphatic carbocycles. The molecule has 2 aliphatic rings. The van der Waals surface area contributed by atoms with E-state index in [0.29, 0.717) is 12.2 Å². The highest BCUT2D eigenvalue weighted by Crippen LogP contribution is 2.44. The topological polar surface area (TPSA) is 63.2 Å². The van der Waals surface area contributed by atoms with Crippen molar-refractivity contribution in [1.29, 1.82) is 0 Å². The van der Waals surface area contributed by atoms with Gasteiger partial charge in [-0.2, -0.15) is 4.31 Å². The summed E-state index contributed by atoms with van der Waals surface area (Å²) in [5.41, 5.74) is 2.58. The molecule has 2 aliphatic heterocycles. The van der Waals surface area contributed by atoms with Crippen LogP contribution in [0.25, 0.3) is 11.4 Å². The molecule has 0 N–H and O–H groups in total. The molecule has 1 saturated heterocycles. The number of benzene rings is 1. The number of rotatable bonds is 3. The molecule has 0 amide bonds. The van der Waals surface area contributed by atoms with Crippen molar-refractivity contribution in [3.05, 3.63) is 47.5 Å². The summed E-state index contributed by atoms with van der Waals surface area (Å²) < 4.78 is 39.5. The summed E-state index contributed by atoms with van der Waals surface area (Å²) >= 11 is 0. The molecule has 4 rings (SSSR count). The lowest BCUT2D eigenvalue weighted by Crippen LogP contribution is -2.43. The van der Waals surface area contributed by atoms with Crippen LogP contribution >= 0.6 is 0 Å². The van der Waals surface area contributed by atoms with Crippen LogP contribution in [0.5, 0.6) is 0 Å². The van der Waals surface area contributed by atoms with Crippen LogP contribution < -0.4 is 0 Å². The van der Waals surface area contributed by atoms with Gasteiger partial charge in [0.2, 0.25) is 10.0 Å². The highest BCUT2D eigenvalue weighted by molar-refractivity contribution is 7.89. The second-order valence-corrected chi connectivity index (χ2v) is 8.45. The zero-order valence-electron chi connectivity index (χ0n) is 13.3. The molecule has 0 unspecified atom stereocenters. The molecule has 0 saturated carbocycles. The fourth-order valence-corrected chi connectivity index (χ4v) is 5.28. The Morgan fingerprint density at radius 3 is 2.71 bits per heavy atom. The normalized spacial score (nSPS) is 23.2. The van der Waals surface area contributed by atoms with Crippen molar-refractivity contribution < 1.29 is 12.8 Å². The van der Waals surface area contributed by atoms with Gasteiger partial charge in [0.15, 0.2) is 5.82 Å². The SMILES string of the molecule is CCS(=O)(=O)N1[C@H]2CC[C@@H]1c1cnc(-c3ccc(F)cc3)nc1C2. The lowest BCUT2D eigenvalue weighted by Gasteiger charge is -2.34. The molecular weight excluding hydrogens is 329 g/mol. The predicted octanol–water partition coefficient (Wildman–Crippen LogP) is 2.69. The van der Waals surface area contributed by atoms with E-state index in [2.05, 4.69) is 9.97 Å². The van der Waals surface area contributed by atoms with Gasteiger partial charge in [-0.3, -0.25) is 0 Å². The van der Waals surface area contributed by atoms with Gasteiger partial charge in [0.25, 0.3) is 0 Å². The Morgan fingerprint density at radius 2 is 2.00 bits per heavy atom. The molecule has 2 aromatic rings. The number of aromatic nitrogens is 2. The summed E-state index contributed by atoms with van der Waals surface area (Å²) in [7, 11) is -3.23. The monoisotopic (exact) mass is 347 g/mol. The smallest absolute Gasteiger partial charge is 0.214 e. The molecule has 0 radical (unpaired) electrons. The first kappa shape index (κ1) is 15.7. The van der Waals surface area contributed by atoms with Crippen LogP contribution in [0.3, 0.4) is 0 Å². The third-order valence-electron chi connectivity index (χ3n) is 4.92. The first-order valence-electron chi connectivity index (χ1n) is 8.12. The van der Waals surface area contributed by atoms with E-state index >= 15 is 0 Å². The molecule has 0 spiro atoms. The van der Waals surface area contributed by atoms with Crippen molar-refractivity contribution in [3.63, 3.8) is 0 Å². The Labute approximate surface area is 140 Å². The largest absolute Gasteiger partial charge is 0.236 e. The molecular formula is C17H18FN3O2S. The van der Waals surface area contributed by atoms with E-state index in [1.54, 1.807) is 29.6 Å². The van der Waals surface area contributed by atoms with Gasteiger partial charge in [-0.05, 0) is 44.0 Å². The fraction of sp³-hybridized carbons (Fsp3) is 0.412. The third kappa shape index (κ3) is 2.43. The highest BCUT2D eigenvalue weighted by Gasteiger charge is 2.46. The zero-order valence-corrected chi connectivity index (χ0v) is 14.1. The van der Waals surface area contributed by atoms with Gasteiger partial charge in [-0.25, -0.2) is 22.8 Å². The number of nitrogens with zero attached hydrogens (tertiary/aromatic N) is 3. The first-order chi connectivity index (χ1) is 11.5. The van der Waals surface area contributed by atoms with Gasteiger partial charge in [0, 0.05) is 29.8 Å². The van der Waals surface area contributed by atoms with Crippen molar-refractivity contribution in [3.8, 4) is 11.4 Å². The molecule has 2 atom stereocenters. The minimum Gasteiger partial charge on any atom is -0.236 e. The molecule has 1 aromatic carbocycles. The van der Waals surface area contributed by atoms with Crippen molar-refractivity contribution in [2.45, 2.75) is 38.3 Å². The Morgan fingerprint density at radius 1 is 1.25 bits per heavy atom. The fourth-order valence-electron chi connectivity index (χ4n) is 3.74. The van der Waals surface area contributed by atoms with Crippen LogP contribution in [0.2, 0.25) is 0 Å². The summed E-state index contributed by atoms with van der Waals surface area (Å²) in [6, 6.07) is 5.92. The summed E-state index contributed by atoms with van der Waals surface area (Å²) in [5.74, 6) is 0.374. The quantitative estimate of drug-likeness (QED) is 0.856. The average Bonchev–Trinajstić information content (AvgIpc) is 2.92. The van der Waals surface area contributed by atoms with E-state index < -0.39 is 10.0 Å². The van der Waals surface area contributed by atoms with Crippen molar-refractivity contribution >= 4 is 10.0 Å². The third-order valence-corrected chi connectivity index (χ3v) is 6.84. The Balaban J connectivity index is 1.74. The summed E-state index contributed by atoms with van der Waals surface area (Å²) in [4.78, 5) is 9.04. The number of fused-ring (bicyclic) bond motifs is 4. The maximum Gasteiger partial charge on any atom is 0.214 e. The molecule has 24 heavy (non-hydrogen) atoms. The minimum absolute atomic E-state index is 0.0107. The Kier molecular flexibility index (Phi) is 3.65. The Bertz CT molecular complexity index is 883. The van der Waals surface area contributed by atoms with Crippen molar-refractivity contribution in [2.24, 2.45) is 0 Å². The standard InChI is InChI=1S/C17H18FN3O2S/c1-2-24(22,23)21-13-7-8-16(21)14-10-19-17(20-15(14)9-13)11-3-5-12(18)6-4-11/h3-6,10,13,16H,2,7-9H2,1H3/t13-,16+/m0/s1. The summed E-state index contributed by atoms with van der Waals surface area (Å²) in [6.45, 7) is 1.68. The van der Waals surface area contributed by atoms with Crippen molar-refractivity contribution in [2.75, 3.05) is 5.75 Å². The maximum atomic E-state index is 13.1. The molecule has 2 bridgehead atoms.